The maximum atomic E-state index is 11.0. The molecule has 19 heavy (non-hydrogen) atoms. The number of anilines is 1. The van der Waals surface area contributed by atoms with E-state index in [0.717, 1.165) is 32.6 Å². The molecule has 0 amide bonds. The monoisotopic (exact) mass is 261 g/mol. The number of carboxylic acid groups (broad SMARTS) is 1. The first-order chi connectivity index (χ1) is 9.25. The summed E-state index contributed by atoms with van der Waals surface area (Å²) in [4.78, 5) is 13.4. The SMILES string of the molecule is O=C(O)CC1CN(C2CCCOC2)c2ccccc21. The van der Waals surface area contributed by atoms with Crippen LogP contribution >= 0.6 is 0 Å². The molecule has 2 heterocycles. The highest BCUT2D eigenvalue weighted by atomic mass is 16.5. The Kier molecular flexibility index (Phi) is 3.42. The fourth-order valence-corrected chi connectivity index (χ4v) is 3.23. The molecule has 0 radical (unpaired) electrons. The van der Waals surface area contributed by atoms with Gasteiger partial charge in [0.05, 0.1) is 19.1 Å². The summed E-state index contributed by atoms with van der Waals surface area (Å²) in [6, 6.07) is 8.58. The highest BCUT2D eigenvalue weighted by Crippen LogP contribution is 2.40. The van der Waals surface area contributed by atoms with E-state index in [4.69, 9.17) is 9.84 Å². The number of fused-ring (bicyclic) bond motifs is 1. The minimum Gasteiger partial charge on any atom is -0.481 e. The van der Waals surface area contributed by atoms with Crippen LogP contribution in [-0.2, 0) is 9.53 Å². The number of carbonyl (C=O) groups is 1. The Balaban J connectivity index is 1.85. The number of aliphatic carboxylic acids is 1. The molecule has 2 aliphatic rings. The molecule has 0 aromatic heterocycles. The quantitative estimate of drug-likeness (QED) is 0.906. The molecule has 1 N–H and O–H groups in total. The molecular weight excluding hydrogens is 242 g/mol. The molecule has 0 bridgehead atoms. The first kappa shape index (κ1) is 12.5. The molecule has 2 aliphatic heterocycles. The average Bonchev–Trinajstić information content (AvgIpc) is 2.78. The molecule has 102 valence electrons. The third-order valence-corrected chi connectivity index (χ3v) is 4.10. The summed E-state index contributed by atoms with van der Waals surface area (Å²) in [7, 11) is 0. The lowest BCUT2D eigenvalue weighted by molar-refractivity contribution is -0.137. The van der Waals surface area contributed by atoms with Gasteiger partial charge in [-0.25, -0.2) is 0 Å². The summed E-state index contributed by atoms with van der Waals surface area (Å²) in [6.45, 7) is 2.42. The zero-order valence-electron chi connectivity index (χ0n) is 10.9. The van der Waals surface area contributed by atoms with Gasteiger partial charge < -0.3 is 14.7 Å². The Morgan fingerprint density at radius 2 is 2.26 bits per heavy atom. The van der Waals surface area contributed by atoms with Crippen molar-refractivity contribution in [2.75, 3.05) is 24.7 Å². The van der Waals surface area contributed by atoms with Crippen LogP contribution in [-0.4, -0.2) is 36.9 Å². The van der Waals surface area contributed by atoms with Gasteiger partial charge in [-0.15, -0.1) is 0 Å². The maximum Gasteiger partial charge on any atom is 0.304 e. The van der Waals surface area contributed by atoms with Gasteiger partial charge >= 0.3 is 5.97 Å². The first-order valence-corrected chi connectivity index (χ1v) is 6.91. The van der Waals surface area contributed by atoms with E-state index in [1.807, 2.05) is 12.1 Å². The Bertz CT molecular complexity index is 468. The predicted molar refractivity (Wildman–Crippen MR) is 72.6 cm³/mol. The Morgan fingerprint density at radius 1 is 1.42 bits per heavy atom. The third-order valence-electron chi connectivity index (χ3n) is 4.10. The molecule has 4 heteroatoms. The summed E-state index contributed by atoms with van der Waals surface area (Å²) in [5, 5.41) is 9.05. The van der Waals surface area contributed by atoms with Gasteiger partial charge in [-0.3, -0.25) is 4.79 Å². The van der Waals surface area contributed by atoms with Crippen molar-refractivity contribution in [2.45, 2.75) is 31.2 Å². The fraction of sp³-hybridized carbons (Fsp3) is 0.533. The molecule has 1 aromatic rings. The van der Waals surface area contributed by atoms with E-state index in [-0.39, 0.29) is 12.3 Å². The van der Waals surface area contributed by atoms with Crippen LogP contribution in [0.15, 0.2) is 24.3 Å². The van der Waals surface area contributed by atoms with E-state index in [2.05, 4.69) is 17.0 Å². The first-order valence-electron chi connectivity index (χ1n) is 6.91. The van der Waals surface area contributed by atoms with Gasteiger partial charge in [0.15, 0.2) is 0 Å². The predicted octanol–water partition coefficient (Wildman–Crippen LogP) is 2.24. The summed E-state index contributed by atoms with van der Waals surface area (Å²) in [5.41, 5.74) is 2.37. The molecule has 2 atom stereocenters. The van der Waals surface area contributed by atoms with Crippen molar-refractivity contribution in [3.63, 3.8) is 0 Å². The molecule has 2 unspecified atom stereocenters. The van der Waals surface area contributed by atoms with Gasteiger partial charge in [0, 0.05) is 24.8 Å². The molecule has 1 saturated heterocycles. The van der Waals surface area contributed by atoms with Gasteiger partial charge in [0.25, 0.3) is 0 Å². The Labute approximate surface area is 113 Å². The smallest absolute Gasteiger partial charge is 0.304 e. The van der Waals surface area contributed by atoms with Gasteiger partial charge in [-0.2, -0.15) is 0 Å². The molecule has 1 aromatic carbocycles. The average molecular weight is 261 g/mol. The van der Waals surface area contributed by atoms with Crippen molar-refractivity contribution in [3.05, 3.63) is 29.8 Å². The van der Waals surface area contributed by atoms with Crippen LogP contribution in [0, 0.1) is 0 Å². The maximum absolute atomic E-state index is 11.0. The second-order valence-corrected chi connectivity index (χ2v) is 5.38. The van der Waals surface area contributed by atoms with E-state index < -0.39 is 5.97 Å². The number of carboxylic acids is 1. The van der Waals surface area contributed by atoms with Crippen molar-refractivity contribution in [1.29, 1.82) is 0 Å². The van der Waals surface area contributed by atoms with Crippen LogP contribution < -0.4 is 4.90 Å². The zero-order valence-corrected chi connectivity index (χ0v) is 10.9. The lowest BCUT2D eigenvalue weighted by Crippen LogP contribution is -2.40. The van der Waals surface area contributed by atoms with E-state index in [1.54, 1.807) is 0 Å². The summed E-state index contributed by atoms with van der Waals surface area (Å²) < 4.78 is 5.57. The number of hydrogen-bond donors (Lipinski definition) is 1. The zero-order chi connectivity index (χ0) is 13.2. The standard InChI is InChI=1S/C15H19NO3/c17-15(18)8-11-9-16(12-4-3-7-19-10-12)14-6-2-1-5-13(11)14/h1-2,5-6,11-12H,3-4,7-10H2,(H,17,18). The summed E-state index contributed by atoms with van der Waals surface area (Å²) in [6.07, 6.45) is 2.43. The highest BCUT2D eigenvalue weighted by Gasteiger charge is 2.34. The number of hydrogen-bond acceptors (Lipinski definition) is 3. The lowest BCUT2D eigenvalue weighted by atomic mass is 9.98. The second kappa shape index (κ2) is 5.21. The summed E-state index contributed by atoms with van der Waals surface area (Å²) in [5.74, 6) is -0.614. The highest BCUT2D eigenvalue weighted by molar-refractivity contribution is 5.71. The van der Waals surface area contributed by atoms with Crippen LogP contribution in [0.3, 0.4) is 0 Å². The van der Waals surface area contributed by atoms with Gasteiger partial charge in [-0.05, 0) is 24.5 Å². The Hall–Kier alpha value is -1.55. The molecule has 0 spiro atoms. The number of para-hydroxylation sites is 1. The van der Waals surface area contributed by atoms with Crippen LogP contribution in [0.4, 0.5) is 5.69 Å². The number of ether oxygens (including phenoxy) is 1. The van der Waals surface area contributed by atoms with Gasteiger partial charge in [0.2, 0.25) is 0 Å². The minimum atomic E-state index is -0.721. The molecular formula is C15H19NO3. The fourth-order valence-electron chi connectivity index (χ4n) is 3.23. The minimum absolute atomic E-state index is 0.107. The van der Waals surface area contributed by atoms with Crippen molar-refractivity contribution in [1.82, 2.24) is 0 Å². The van der Waals surface area contributed by atoms with Crippen LogP contribution in [0.5, 0.6) is 0 Å². The molecule has 0 saturated carbocycles. The molecule has 1 fully saturated rings. The lowest BCUT2D eigenvalue weighted by Gasteiger charge is -2.33. The van der Waals surface area contributed by atoms with Crippen molar-refractivity contribution >= 4 is 11.7 Å². The van der Waals surface area contributed by atoms with Crippen LogP contribution in [0.1, 0.15) is 30.7 Å². The largest absolute Gasteiger partial charge is 0.481 e. The van der Waals surface area contributed by atoms with Crippen molar-refractivity contribution in [3.8, 4) is 0 Å². The number of rotatable bonds is 3. The molecule has 0 aliphatic carbocycles. The van der Waals surface area contributed by atoms with Crippen molar-refractivity contribution in [2.24, 2.45) is 0 Å². The van der Waals surface area contributed by atoms with Crippen LogP contribution in [0.25, 0.3) is 0 Å². The molecule has 4 nitrogen and oxygen atoms in total. The van der Waals surface area contributed by atoms with E-state index >= 15 is 0 Å². The normalized spacial score (nSPS) is 26.2. The topological polar surface area (TPSA) is 49.8 Å². The van der Waals surface area contributed by atoms with Gasteiger partial charge in [-0.1, -0.05) is 18.2 Å². The Morgan fingerprint density at radius 3 is 3.00 bits per heavy atom. The van der Waals surface area contributed by atoms with Crippen molar-refractivity contribution < 1.29 is 14.6 Å². The molecule has 3 rings (SSSR count). The van der Waals surface area contributed by atoms with Crippen LogP contribution in [0.2, 0.25) is 0 Å². The van der Waals surface area contributed by atoms with E-state index in [9.17, 15) is 4.79 Å². The number of benzene rings is 1. The number of nitrogens with zero attached hydrogens (tertiary/aromatic N) is 1. The third kappa shape index (κ3) is 2.45. The van der Waals surface area contributed by atoms with E-state index in [0.29, 0.717) is 6.04 Å². The second-order valence-electron chi connectivity index (χ2n) is 5.38. The van der Waals surface area contributed by atoms with Gasteiger partial charge in [0.1, 0.15) is 0 Å². The van der Waals surface area contributed by atoms with E-state index in [1.165, 1.54) is 11.3 Å². The summed E-state index contributed by atoms with van der Waals surface area (Å²) >= 11 is 0.